The van der Waals surface area contributed by atoms with Gasteiger partial charge in [0.2, 0.25) is 0 Å². The van der Waals surface area contributed by atoms with Crippen LogP contribution in [0.3, 0.4) is 0 Å². The fourth-order valence-electron chi connectivity index (χ4n) is 2.10. The molecule has 0 bridgehead atoms. The van der Waals surface area contributed by atoms with Gasteiger partial charge in [-0.15, -0.1) is 0 Å². The van der Waals surface area contributed by atoms with Crippen LogP contribution in [0.2, 0.25) is 0 Å². The zero-order valence-electron chi connectivity index (χ0n) is 14.9. The van der Waals surface area contributed by atoms with Crippen LogP contribution in [0.25, 0.3) is 5.69 Å². The minimum atomic E-state index is -0.555. The fourth-order valence-corrected chi connectivity index (χ4v) is 2.10. The highest BCUT2D eigenvalue weighted by molar-refractivity contribution is 5.97. The van der Waals surface area contributed by atoms with E-state index in [1.54, 1.807) is 45.3 Å². The van der Waals surface area contributed by atoms with Gasteiger partial charge < -0.3 is 15.4 Å². The first-order valence-corrected chi connectivity index (χ1v) is 7.98. The van der Waals surface area contributed by atoms with Crippen LogP contribution in [0.1, 0.15) is 36.7 Å². The predicted molar refractivity (Wildman–Crippen MR) is 92.7 cm³/mol. The molecular weight excluding hydrogens is 322 g/mol. The van der Waals surface area contributed by atoms with Crippen molar-refractivity contribution in [3.63, 3.8) is 0 Å². The molecule has 0 radical (unpaired) electrons. The van der Waals surface area contributed by atoms with Crippen molar-refractivity contribution in [3.05, 3.63) is 41.7 Å². The van der Waals surface area contributed by atoms with Crippen molar-refractivity contribution in [1.29, 1.82) is 0 Å². The van der Waals surface area contributed by atoms with E-state index < -0.39 is 11.7 Å². The molecular formula is C17H23N5O3. The molecule has 0 fully saturated rings. The maximum absolute atomic E-state index is 12.5. The Morgan fingerprint density at radius 1 is 1.12 bits per heavy atom. The summed E-state index contributed by atoms with van der Waals surface area (Å²) in [5.74, 6) is -0.262. The van der Waals surface area contributed by atoms with E-state index in [9.17, 15) is 9.59 Å². The van der Waals surface area contributed by atoms with Crippen molar-refractivity contribution in [2.45, 2.75) is 33.3 Å². The normalized spacial score (nSPS) is 11.0. The van der Waals surface area contributed by atoms with Crippen molar-refractivity contribution < 1.29 is 14.3 Å². The molecule has 0 aliphatic rings. The molecule has 1 heterocycles. The van der Waals surface area contributed by atoms with Crippen LogP contribution >= 0.6 is 0 Å². The van der Waals surface area contributed by atoms with Gasteiger partial charge >= 0.3 is 6.09 Å². The summed E-state index contributed by atoms with van der Waals surface area (Å²) in [6.45, 7) is 7.81. The monoisotopic (exact) mass is 345 g/mol. The molecule has 0 unspecified atom stereocenters. The van der Waals surface area contributed by atoms with Crippen LogP contribution in [0, 0.1) is 6.92 Å². The summed E-state index contributed by atoms with van der Waals surface area (Å²) >= 11 is 0. The fraction of sp³-hybridized carbons (Fsp3) is 0.412. The van der Waals surface area contributed by atoms with Gasteiger partial charge in [0, 0.05) is 13.1 Å². The Hall–Kier alpha value is -2.90. The van der Waals surface area contributed by atoms with Crippen LogP contribution in [-0.2, 0) is 4.74 Å². The average Bonchev–Trinajstić information content (AvgIpc) is 3.03. The lowest BCUT2D eigenvalue weighted by Gasteiger charge is -2.19. The SMILES string of the molecule is Cc1ccc(-n2nccn2)c(C(=O)NCCNC(=O)OC(C)(C)C)c1. The number of hydrogen-bond donors (Lipinski definition) is 2. The van der Waals surface area contributed by atoms with Crippen molar-refractivity contribution in [3.8, 4) is 5.69 Å². The molecule has 2 N–H and O–H groups in total. The second-order valence-electron chi connectivity index (χ2n) is 6.52. The van der Waals surface area contributed by atoms with Crippen LogP contribution < -0.4 is 10.6 Å². The number of amides is 2. The first-order valence-electron chi connectivity index (χ1n) is 7.98. The lowest BCUT2D eigenvalue weighted by Crippen LogP contribution is -2.38. The predicted octanol–water partition coefficient (Wildman–Crippen LogP) is 1.83. The number of nitrogens with zero attached hydrogens (tertiary/aromatic N) is 3. The lowest BCUT2D eigenvalue weighted by atomic mass is 10.1. The Labute approximate surface area is 146 Å². The number of nitrogens with one attached hydrogen (secondary N) is 2. The van der Waals surface area contributed by atoms with E-state index in [1.165, 1.54) is 4.80 Å². The molecule has 134 valence electrons. The first kappa shape index (κ1) is 18.4. The third-order valence-corrected chi connectivity index (χ3v) is 3.11. The van der Waals surface area contributed by atoms with Gasteiger partial charge in [0.1, 0.15) is 5.60 Å². The number of hydrogen-bond acceptors (Lipinski definition) is 5. The molecule has 0 saturated carbocycles. The number of benzene rings is 1. The van der Waals surface area contributed by atoms with Gasteiger partial charge in [-0.2, -0.15) is 15.0 Å². The standard InChI is InChI=1S/C17H23N5O3/c1-12-5-6-14(22-20-9-10-21-22)13(11-12)15(23)18-7-8-19-16(24)25-17(2,3)4/h5-6,9-11H,7-8H2,1-4H3,(H,18,23)(H,19,24). The topological polar surface area (TPSA) is 98.1 Å². The van der Waals surface area contributed by atoms with Crippen LogP contribution in [-0.4, -0.2) is 45.7 Å². The molecule has 0 spiro atoms. The number of ether oxygens (including phenoxy) is 1. The van der Waals surface area contributed by atoms with E-state index in [2.05, 4.69) is 20.8 Å². The Morgan fingerprint density at radius 3 is 2.40 bits per heavy atom. The molecule has 8 heteroatoms. The second kappa shape index (κ2) is 7.78. The summed E-state index contributed by atoms with van der Waals surface area (Å²) in [5.41, 5.74) is 1.45. The summed E-state index contributed by atoms with van der Waals surface area (Å²) in [6, 6.07) is 5.46. The number of aryl methyl sites for hydroxylation is 1. The molecule has 25 heavy (non-hydrogen) atoms. The molecule has 2 rings (SSSR count). The van der Waals surface area contributed by atoms with E-state index in [0.29, 0.717) is 11.3 Å². The summed E-state index contributed by atoms with van der Waals surface area (Å²) in [5, 5.41) is 13.5. The van der Waals surface area contributed by atoms with Crippen LogP contribution in [0.4, 0.5) is 4.79 Å². The minimum Gasteiger partial charge on any atom is -0.444 e. The third kappa shape index (κ3) is 5.59. The van der Waals surface area contributed by atoms with Crippen molar-refractivity contribution in [1.82, 2.24) is 25.6 Å². The number of carbonyl (C=O) groups is 2. The molecule has 1 aromatic heterocycles. The van der Waals surface area contributed by atoms with Crippen molar-refractivity contribution in [2.75, 3.05) is 13.1 Å². The van der Waals surface area contributed by atoms with E-state index in [1.807, 2.05) is 13.0 Å². The maximum Gasteiger partial charge on any atom is 0.407 e. The zero-order chi connectivity index (χ0) is 18.4. The summed E-state index contributed by atoms with van der Waals surface area (Å²) in [4.78, 5) is 25.4. The highest BCUT2D eigenvalue weighted by Gasteiger charge is 2.16. The molecule has 0 aliphatic heterocycles. The summed E-state index contributed by atoms with van der Waals surface area (Å²) < 4.78 is 5.13. The minimum absolute atomic E-state index is 0.262. The first-order chi connectivity index (χ1) is 11.8. The Bertz CT molecular complexity index is 735. The molecule has 2 aromatic rings. The smallest absolute Gasteiger partial charge is 0.407 e. The van der Waals surface area contributed by atoms with Gasteiger partial charge in [-0.25, -0.2) is 4.79 Å². The second-order valence-corrected chi connectivity index (χ2v) is 6.52. The summed E-state index contributed by atoms with van der Waals surface area (Å²) in [6.07, 6.45) is 2.58. The van der Waals surface area contributed by atoms with Gasteiger partial charge in [0.05, 0.1) is 23.6 Å². The quantitative estimate of drug-likeness (QED) is 0.806. The Balaban J connectivity index is 1.93. The molecule has 0 atom stereocenters. The summed E-state index contributed by atoms with van der Waals surface area (Å²) in [7, 11) is 0. The van der Waals surface area contributed by atoms with E-state index in [-0.39, 0.29) is 19.0 Å². The van der Waals surface area contributed by atoms with E-state index in [4.69, 9.17) is 4.74 Å². The van der Waals surface area contributed by atoms with Gasteiger partial charge in [-0.1, -0.05) is 11.6 Å². The van der Waals surface area contributed by atoms with Crippen molar-refractivity contribution >= 4 is 12.0 Å². The van der Waals surface area contributed by atoms with Gasteiger partial charge in [0.25, 0.3) is 5.91 Å². The maximum atomic E-state index is 12.5. The largest absolute Gasteiger partial charge is 0.444 e. The highest BCUT2D eigenvalue weighted by Crippen LogP contribution is 2.14. The molecule has 0 aliphatic carbocycles. The molecule has 1 aromatic carbocycles. The number of alkyl carbamates (subject to hydrolysis) is 1. The highest BCUT2D eigenvalue weighted by atomic mass is 16.6. The van der Waals surface area contributed by atoms with Gasteiger partial charge in [0.15, 0.2) is 0 Å². The zero-order valence-corrected chi connectivity index (χ0v) is 14.9. The van der Waals surface area contributed by atoms with Crippen LogP contribution in [0.5, 0.6) is 0 Å². The van der Waals surface area contributed by atoms with Gasteiger partial charge in [-0.3, -0.25) is 4.79 Å². The molecule has 2 amide bonds. The van der Waals surface area contributed by atoms with E-state index >= 15 is 0 Å². The number of aromatic nitrogens is 3. The Kier molecular flexibility index (Phi) is 5.74. The number of rotatable bonds is 5. The number of carbonyl (C=O) groups excluding carboxylic acids is 2. The Morgan fingerprint density at radius 2 is 1.76 bits per heavy atom. The third-order valence-electron chi connectivity index (χ3n) is 3.11. The average molecular weight is 345 g/mol. The lowest BCUT2D eigenvalue weighted by molar-refractivity contribution is 0.0526. The van der Waals surface area contributed by atoms with Crippen LogP contribution in [0.15, 0.2) is 30.6 Å². The van der Waals surface area contributed by atoms with Gasteiger partial charge in [-0.05, 0) is 39.8 Å². The molecule has 8 nitrogen and oxygen atoms in total. The molecule has 0 saturated heterocycles. The van der Waals surface area contributed by atoms with E-state index in [0.717, 1.165) is 5.56 Å². The van der Waals surface area contributed by atoms with Crippen molar-refractivity contribution in [2.24, 2.45) is 0 Å².